The molecule has 130 valence electrons. The first kappa shape index (κ1) is 16.8. The van der Waals surface area contributed by atoms with Gasteiger partial charge in [-0.15, -0.1) is 11.3 Å². The van der Waals surface area contributed by atoms with E-state index in [0.29, 0.717) is 16.8 Å². The first-order valence-corrected chi connectivity index (χ1v) is 10.3. The van der Waals surface area contributed by atoms with Gasteiger partial charge in [-0.3, -0.25) is 13.8 Å². The predicted octanol–water partition coefficient (Wildman–Crippen LogP) is 4.63. The van der Waals surface area contributed by atoms with Gasteiger partial charge in [-0.1, -0.05) is 36.9 Å². The van der Waals surface area contributed by atoms with E-state index < -0.39 is 6.67 Å². The molecule has 0 spiro atoms. The number of aromatic nitrogens is 2. The largest absolute Gasteiger partial charge is 0.268 e. The van der Waals surface area contributed by atoms with Crippen LogP contribution in [0.5, 0.6) is 0 Å². The summed E-state index contributed by atoms with van der Waals surface area (Å²) in [7, 11) is 0. The average Bonchev–Trinajstić information content (AvgIpc) is 2.98. The van der Waals surface area contributed by atoms with Gasteiger partial charge in [-0.2, -0.15) is 0 Å². The standard InChI is InChI=1S/C19H19FN2OS2/c1-12-7-8-14-15(11-12)25-17-16(14)18(23)22(13-5-3-2-4-6-13)19(21-17)24-10-9-20/h2-6,12H,7-11H2,1H3. The summed E-state index contributed by atoms with van der Waals surface area (Å²) in [6.45, 7) is 1.82. The highest BCUT2D eigenvalue weighted by Gasteiger charge is 2.25. The molecule has 0 saturated carbocycles. The van der Waals surface area contributed by atoms with Crippen molar-refractivity contribution in [2.45, 2.75) is 31.3 Å². The van der Waals surface area contributed by atoms with Crippen molar-refractivity contribution in [2.75, 3.05) is 12.4 Å². The number of halogens is 1. The number of aryl methyl sites for hydroxylation is 1. The average molecular weight is 375 g/mol. The summed E-state index contributed by atoms with van der Waals surface area (Å²) in [6.07, 6.45) is 3.08. The van der Waals surface area contributed by atoms with Gasteiger partial charge in [0.05, 0.1) is 17.7 Å². The van der Waals surface area contributed by atoms with Crippen LogP contribution in [-0.2, 0) is 12.8 Å². The number of hydrogen-bond acceptors (Lipinski definition) is 4. The zero-order valence-electron chi connectivity index (χ0n) is 14.0. The molecular formula is C19H19FN2OS2. The maximum absolute atomic E-state index is 13.4. The predicted molar refractivity (Wildman–Crippen MR) is 103 cm³/mol. The Labute approximate surface area is 153 Å². The van der Waals surface area contributed by atoms with E-state index in [1.54, 1.807) is 15.9 Å². The molecule has 0 fully saturated rings. The number of hydrogen-bond donors (Lipinski definition) is 0. The second kappa shape index (κ2) is 6.92. The molecule has 0 bridgehead atoms. The molecule has 1 unspecified atom stereocenters. The lowest BCUT2D eigenvalue weighted by Gasteiger charge is -2.17. The Kier molecular flexibility index (Phi) is 4.65. The van der Waals surface area contributed by atoms with E-state index in [9.17, 15) is 9.18 Å². The third-order valence-electron chi connectivity index (χ3n) is 4.62. The summed E-state index contributed by atoms with van der Waals surface area (Å²) >= 11 is 2.94. The van der Waals surface area contributed by atoms with Crippen LogP contribution < -0.4 is 5.56 Å². The monoisotopic (exact) mass is 374 g/mol. The van der Waals surface area contributed by atoms with Crippen LogP contribution in [-0.4, -0.2) is 22.0 Å². The Morgan fingerprint density at radius 3 is 2.92 bits per heavy atom. The Balaban J connectivity index is 1.98. The summed E-state index contributed by atoms with van der Waals surface area (Å²) < 4.78 is 14.4. The summed E-state index contributed by atoms with van der Waals surface area (Å²) in [5.74, 6) is 0.949. The van der Waals surface area contributed by atoms with Crippen LogP contribution in [0.1, 0.15) is 23.8 Å². The van der Waals surface area contributed by atoms with E-state index in [0.717, 1.165) is 35.2 Å². The second-order valence-corrected chi connectivity index (χ2v) is 8.59. The van der Waals surface area contributed by atoms with E-state index in [-0.39, 0.29) is 5.56 Å². The Morgan fingerprint density at radius 1 is 1.36 bits per heavy atom. The van der Waals surface area contributed by atoms with Crippen molar-refractivity contribution in [2.24, 2.45) is 5.92 Å². The molecule has 0 amide bonds. The van der Waals surface area contributed by atoms with E-state index in [4.69, 9.17) is 4.98 Å². The Morgan fingerprint density at radius 2 is 2.16 bits per heavy atom. The number of fused-ring (bicyclic) bond motifs is 3. The van der Waals surface area contributed by atoms with Crippen molar-refractivity contribution in [1.29, 1.82) is 0 Å². The van der Waals surface area contributed by atoms with Crippen LogP contribution in [0.25, 0.3) is 15.9 Å². The fraction of sp³-hybridized carbons (Fsp3) is 0.368. The minimum Gasteiger partial charge on any atom is -0.268 e. The maximum atomic E-state index is 13.4. The first-order valence-electron chi connectivity index (χ1n) is 8.50. The molecule has 0 N–H and O–H groups in total. The molecule has 3 nitrogen and oxygen atoms in total. The van der Waals surface area contributed by atoms with Gasteiger partial charge in [-0.25, -0.2) is 4.98 Å². The van der Waals surface area contributed by atoms with Crippen LogP contribution in [0.15, 0.2) is 40.3 Å². The number of thioether (sulfide) groups is 1. The highest BCUT2D eigenvalue weighted by Crippen LogP contribution is 2.36. The molecule has 2 heterocycles. The third kappa shape index (κ3) is 3.02. The normalized spacial score (nSPS) is 17.0. The van der Waals surface area contributed by atoms with Gasteiger partial charge in [0.1, 0.15) is 4.83 Å². The fourth-order valence-corrected chi connectivity index (χ4v) is 5.57. The molecule has 1 atom stereocenters. The summed E-state index contributed by atoms with van der Waals surface area (Å²) in [5.41, 5.74) is 1.94. The molecule has 25 heavy (non-hydrogen) atoms. The van der Waals surface area contributed by atoms with Crippen molar-refractivity contribution in [1.82, 2.24) is 9.55 Å². The fourth-order valence-electron chi connectivity index (χ4n) is 3.40. The van der Waals surface area contributed by atoms with Crippen LogP contribution in [0.2, 0.25) is 0 Å². The van der Waals surface area contributed by atoms with Gasteiger partial charge in [0.15, 0.2) is 5.16 Å². The van der Waals surface area contributed by atoms with Crippen molar-refractivity contribution >= 4 is 33.3 Å². The quantitative estimate of drug-likeness (QED) is 0.493. The molecule has 0 aliphatic heterocycles. The van der Waals surface area contributed by atoms with Gasteiger partial charge in [-0.05, 0) is 42.9 Å². The van der Waals surface area contributed by atoms with Gasteiger partial charge >= 0.3 is 0 Å². The summed E-state index contributed by atoms with van der Waals surface area (Å²) in [4.78, 5) is 20.2. The number of rotatable bonds is 4. The minimum absolute atomic E-state index is 0.0235. The Bertz CT molecular complexity index is 965. The molecule has 2 aromatic heterocycles. The zero-order valence-corrected chi connectivity index (χ0v) is 15.6. The smallest absolute Gasteiger partial charge is 0.267 e. The van der Waals surface area contributed by atoms with Gasteiger partial charge in [0.2, 0.25) is 0 Å². The molecule has 0 radical (unpaired) electrons. The number of alkyl halides is 1. The van der Waals surface area contributed by atoms with Gasteiger partial charge in [0.25, 0.3) is 5.56 Å². The number of benzene rings is 1. The topological polar surface area (TPSA) is 34.9 Å². The highest BCUT2D eigenvalue weighted by molar-refractivity contribution is 7.99. The maximum Gasteiger partial charge on any atom is 0.267 e. The van der Waals surface area contributed by atoms with Crippen LogP contribution in [0, 0.1) is 5.92 Å². The lowest BCUT2D eigenvalue weighted by atomic mass is 9.89. The summed E-state index contributed by atoms with van der Waals surface area (Å²) in [6, 6.07) is 9.52. The van der Waals surface area contributed by atoms with E-state index >= 15 is 0 Å². The van der Waals surface area contributed by atoms with E-state index in [1.807, 2.05) is 30.3 Å². The van der Waals surface area contributed by atoms with E-state index in [2.05, 4.69) is 6.92 Å². The first-order chi connectivity index (χ1) is 12.2. The van der Waals surface area contributed by atoms with Crippen molar-refractivity contribution in [3.63, 3.8) is 0 Å². The molecular weight excluding hydrogens is 355 g/mol. The lowest BCUT2D eigenvalue weighted by Crippen LogP contribution is -2.22. The molecule has 1 aliphatic carbocycles. The highest BCUT2D eigenvalue weighted by atomic mass is 32.2. The van der Waals surface area contributed by atoms with Crippen LogP contribution in [0.3, 0.4) is 0 Å². The summed E-state index contributed by atoms with van der Waals surface area (Å²) in [5, 5.41) is 1.34. The molecule has 3 aromatic rings. The van der Waals surface area contributed by atoms with Crippen LogP contribution >= 0.6 is 23.1 Å². The van der Waals surface area contributed by atoms with Crippen molar-refractivity contribution in [3.8, 4) is 5.69 Å². The second-order valence-electron chi connectivity index (χ2n) is 6.44. The lowest BCUT2D eigenvalue weighted by molar-refractivity contribution is 0.509. The molecule has 6 heteroatoms. The number of para-hydroxylation sites is 1. The molecule has 1 aliphatic rings. The van der Waals surface area contributed by atoms with Crippen molar-refractivity contribution in [3.05, 3.63) is 51.1 Å². The molecule has 4 rings (SSSR count). The van der Waals surface area contributed by atoms with Gasteiger partial charge in [0, 0.05) is 10.6 Å². The molecule has 1 aromatic carbocycles. The van der Waals surface area contributed by atoms with Gasteiger partial charge < -0.3 is 0 Å². The minimum atomic E-state index is -0.439. The SMILES string of the molecule is CC1CCc2c(sc3nc(SCCF)n(-c4ccccc4)c(=O)c23)C1. The zero-order chi connectivity index (χ0) is 17.4. The number of nitrogens with zero attached hydrogens (tertiary/aromatic N) is 2. The Hall–Kier alpha value is -1.66. The van der Waals surface area contributed by atoms with E-state index in [1.165, 1.54) is 22.2 Å². The van der Waals surface area contributed by atoms with Crippen LogP contribution in [0.4, 0.5) is 4.39 Å². The third-order valence-corrected chi connectivity index (χ3v) is 6.66. The number of thiophene rings is 1. The molecule has 0 saturated heterocycles. The van der Waals surface area contributed by atoms with Crippen molar-refractivity contribution < 1.29 is 4.39 Å².